The average molecular weight is 477 g/mol. The van der Waals surface area contributed by atoms with Gasteiger partial charge >= 0.3 is 0 Å². The number of hydrogen-bond acceptors (Lipinski definition) is 5. The van der Waals surface area contributed by atoms with E-state index in [0.717, 1.165) is 29.5 Å². The zero-order valence-electron chi connectivity index (χ0n) is 19.2. The number of rotatable bonds is 7. The highest BCUT2D eigenvalue weighted by atomic mass is 19.1. The Kier molecular flexibility index (Phi) is 5.90. The number of hydrogen-bond donors (Lipinski definition) is 3. The number of aliphatic hydroxyl groups is 1. The Morgan fingerprint density at radius 3 is 2.60 bits per heavy atom. The molecule has 0 radical (unpaired) electrons. The van der Waals surface area contributed by atoms with Crippen molar-refractivity contribution in [2.75, 3.05) is 25.3 Å². The Morgan fingerprint density at radius 1 is 1.03 bits per heavy atom. The Labute approximate surface area is 201 Å². The van der Waals surface area contributed by atoms with Gasteiger partial charge in [-0.1, -0.05) is 18.2 Å². The van der Waals surface area contributed by atoms with Crippen molar-refractivity contribution in [3.8, 4) is 22.6 Å². The van der Waals surface area contributed by atoms with Crippen LogP contribution in [-0.4, -0.2) is 36.9 Å². The van der Waals surface area contributed by atoms with Gasteiger partial charge in [0.15, 0.2) is 11.5 Å². The van der Waals surface area contributed by atoms with E-state index in [0.29, 0.717) is 22.7 Å². The fraction of sp³-hybridized carbons (Fsp3) is 0.259. The highest BCUT2D eigenvalue weighted by Gasteiger charge is 2.51. The lowest BCUT2D eigenvalue weighted by Gasteiger charge is -2.17. The highest BCUT2D eigenvalue weighted by Crippen LogP contribution is 2.51. The first-order chi connectivity index (χ1) is 16.9. The summed E-state index contributed by atoms with van der Waals surface area (Å²) in [6.07, 6.45) is 1.48. The molecule has 3 aromatic carbocycles. The van der Waals surface area contributed by atoms with Crippen molar-refractivity contribution in [3.05, 3.63) is 77.1 Å². The van der Waals surface area contributed by atoms with Crippen molar-refractivity contribution in [2.45, 2.75) is 25.2 Å². The SMILES string of the molecule is Cc1ccc(NC(=O)C2(c3ccc4c(c3)OCO4)CC2)cc1-c1ccc(F)c(C(=O)NCCO)c1. The Hall–Kier alpha value is -3.91. The van der Waals surface area contributed by atoms with Gasteiger partial charge in [-0.3, -0.25) is 9.59 Å². The van der Waals surface area contributed by atoms with Gasteiger partial charge in [0.05, 0.1) is 17.6 Å². The first-order valence-electron chi connectivity index (χ1n) is 11.4. The highest BCUT2D eigenvalue weighted by molar-refractivity contribution is 6.02. The number of aliphatic hydroxyl groups excluding tert-OH is 1. The van der Waals surface area contributed by atoms with Gasteiger partial charge in [-0.25, -0.2) is 4.39 Å². The number of halogens is 1. The van der Waals surface area contributed by atoms with Gasteiger partial charge in [-0.05, 0) is 78.4 Å². The summed E-state index contributed by atoms with van der Waals surface area (Å²) in [6, 6.07) is 15.5. The van der Waals surface area contributed by atoms with E-state index in [9.17, 15) is 14.0 Å². The topological polar surface area (TPSA) is 96.9 Å². The van der Waals surface area contributed by atoms with Crippen LogP contribution in [-0.2, 0) is 10.2 Å². The molecule has 0 spiro atoms. The minimum Gasteiger partial charge on any atom is -0.454 e. The van der Waals surface area contributed by atoms with Gasteiger partial charge in [0.25, 0.3) is 5.91 Å². The van der Waals surface area contributed by atoms with Gasteiger partial charge in [0.2, 0.25) is 12.7 Å². The summed E-state index contributed by atoms with van der Waals surface area (Å²) in [5, 5.41) is 14.4. The summed E-state index contributed by atoms with van der Waals surface area (Å²) in [7, 11) is 0. The summed E-state index contributed by atoms with van der Waals surface area (Å²) < 4.78 is 25.1. The monoisotopic (exact) mass is 476 g/mol. The lowest BCUT2D eigenvalue weighted by molar-refractivity contribution is -0.118. The molecule has 2 aliphatic rings. The molecule has 3 aromatic rings. The molecule has 8 heteroatoms. The smallest absolute Gasteiger partial charge is 0.254 e. The number of amides is 2. The van der Waals surface area contributed by atoms with Crippen LogP contribution in [0.15, 0.2) is 54.6 Å². The zero-order valence-corrected chi connectivity index (χ0v) is 19.2. The lowest BCUT2D eigenvalue weighted by Crippen LogP contribution is -2.27. The number of ether oxygens (including phenoxy) is 2. The van der Waals surface area contributed by atoms with Crippen LogP contribution in [0.3, 0.4) is 0 Å². The molecule has 5 rings (SSSR count). The van der Waals surface area contributed by atoms with Crippen LogP contribution in [0.2, 0.25) is 0 Å². The number of carbonyl (C=O) groups excluding carboxylic acids is 2. The van der Waals surface area contributed by atoms with Crippen molar-refractivity contribution in [1.82, 2.24) is 5.32 Å². The molecular formula is C27H25FN2O5. The lowest BCUT2D eigenvalue weighted by atomic mass is 9.94. The van der Waals surface area contributed by atoms with Crippen LogP contribution in [0.5, 0.6) is 11.5 Å². The fourth-order valence-corrected chi connectivity index (χ4v) is 4.36. The fourth-order valence-electron chi connectivity index (χ4n) is 4.36. The van der Waals surface area contributed by atoms with E-state index in [2.05, 4.69) is 10.6 Å². The molecule has 1 fully saturated rings. The molecule has 0 atom stereocenters. The summed E-state index contributed by atoms with van der Waals surface area (Å²) in [4.78, 5) is 25.6. The standard InChI is InChI=1S/C27H25FN2O5/c1-16-2-5-19(14-20(16)17-3-6-22(28)21(12-17)25(32)29-10-11-31)30-26(33)27(8-9-27)18-4-7-23-24(13-18)35-15-34-23/h2-7,12-14,31H,8-11,15H2,1H3,(H,29,32)(H,30,33). The first kappa shape index (κ1) is 22.9. The molecule has 0 saturated heterocycles. The molecule has 2 amide bonds. The van der Waals surface area contributed by atoms with E-state index in [1.54, 1.807) is 6.07 Å². The molecular weight excluding hydrogens is 451 g/mol. The van der Waals surface area contributed by atoms with E-state index in [-0.39, 0.29) is 31.4 Å². The minimum absolute atomic E-state index is 0.0359. The molecule has 3 N–H and O–H groups in total. The van der Waals surface area contributed by atoms with Crippen molar-refractivity contribution in [1.29, 1.82) is 0 Å². The normalized spacial score (nSPS) is 14.9. The zero-order chi connectivity index (χ0) is 24.6. The van der Waals surface area contributed by atoms with E-state index in [4.69, 9.17) is 14.6 Å². The maximum absolute atomic E-state index is 14.3. The molecule has 1 heterocycles. The Bertz CT molecular complexity index is 1320. The van der Waals surface area contributed by atoms with Crippen molar-refractivity contribution < 1.29 is 28.6 Å². The van der Waals surface area contributed by atoms with Crippen LogP contribution in [0.1, 0.15) is 34.3 Å². The van der Waals surface area contributed by atoms with Gasteiger partial charge < -0.3 is 25.2 Å². The first-order valence-corrected chi connectivity index (χ1v) is 11.4. The van der Waals surface area contributed by atoms with E-state index in [1.165, 1.54) is 12.1 Å². The molecule has 1 aliphatic carbocycles. The molecule has 0 unspecified atom stereocenters. The molecule has 180 valence electrons. The third-order valence-electron chi connectivity index (χ3n) is 6.52. The molecule has 0 aromatic heterocycles. The van der Waals surface area contributed by atoms with Crippen LogP contribution < -0.4 is 20.1 Å². The van der Waals surface area contributed by atoms with Crippen molar-refractivity contribution in [3.63, 3.8) is 0 Å². The minimum atomic E-state index is -0.647. The molecule has 1 aliphatic heterocycles. The second-order valence-corrected chi connectivity index (χ2v) is 8.81. The Morgan fingerprint density at radius 2 is 1.83 bits per heavy atom. The van der Waals surface area contributed by atoms with Gasteiger partial charge in [0.1, 0.15) is 5.82 Å². The quantitative estimate of drug-likeness (QED) is 0.480. The average Bonchev–Trinajstić information content (AvgIpc) is 3.55. The van der Waals surface area contributed by atoms with E-state index in [1.807, 2.05) is 43.3 Å². The summed E-state index contributed by atoms with van der Waals surface area (Å²) in [6.45, 7) is 1.89. The van der Waals surface area contributed by atoms with Crippen molar-refractivity contribution in [2.24, 2.45) is 0 Å². The number of fused-ring (bicyclic) bond motifs is 1. The third kappa shape index (κ3) is 4.33. The van der Waals surface area contributed by atoms with Crippen molar-refractivity contribution >= 4 is 17.5 Å². The number of carbonyl (C=O) groups is 2. The summed E-state index contributed by atoms with van der Waals surface area (Å²) in [5.74, 6) is -0.0221. The van der Waals surface area contributed by atoms with Crippen LogP contribution in [0.25, 0.3) is 11.1 Å². The second-order valence-electron chi connectivity index (χ2n) is 8.81. The number of aryl methyl sites for hydroxylation is 1. The Balaban J connectivity index is 1.39. The van der Waals surface area contributed by atoms with E-state index >= 15 is 0 Å². The molecule has 1 saturated carbocycles. The molecule has 35 heavy (non-hydrogen) atoms. The summed E-state index contributed by atoms with van der Waals surface area (Å²) >= 11 is 0. The predicted molar refractivity (Wildman–Crippen MR) is 128 cm³/mol. The maximum atomic E-state index is 14.3. The second kappa shape index (κ2) is 9.03. The maximum Gasteiger partial charge on any atom is 0.254 e. The predicted octanol–water partition coefficient (Wildman–Crippen LogP) is 3.92. The van der Waals surface area contributed by atoms with E-state index < -0.39 is 17.1 Å². The van der Waals surface area contributed by atoms with Gasteiger partial charge in [-0.2, -0.15) is 0 Å². The van der Waals surface area contributed by atoms with Crippen LogP contribution in [0.4, 0.5) is 10.1 Å². The molecule has 0 bridgehead atoms. The largest absolute Gasteiger partial charge is 0.454 e. The van der Waals surface area contributed by atoms with Gasteiger partial charge in [-0.15, -0.1) is 0 Å². The number of nitrogens with one attached hydrogen (secondary N) is 2. The summed E-state index contributed by atoms with van der Waals surface area (Å²) in [5.41, 5.74) is 3.11. The van der Waals surface area contributed by atoms with Gasteiger partial charge in [0, 0.05) is 12.2 Å². The van der Waals surface area contributed by atoms with Crippen LogP contribution in [0, 0.1) is 12.7 Å². The molecule has 7 nitrogen and oxygen atoms in total. The van der Waals surface area contributed by atoms with Crippen LogP contribution >= 0.6 is 0 Å². The third-order valence-corrected chi connectivity index (χ3v) is 6.52. The number of anilines is 1. The number of benzene rings is 3.